The van der Waals surface area contributed by atoms with Gasteiger partial charge in [0.25, 0.3) is 0 Å². The predicted molar refractivity (Wildman–Crippen MR) is 104 cm³/mol. The highest BCUT2D eigenvalue weighted by molar-refractivity contribution is 6.00. The Balaban J connectivity index is 1.23. The zero-order valence-electron chi connectivity index (χ0n) is 16.5. The first-order valence-electron chi connectivity index (χ1n) is 10.5. The van der Waals surface area contributed by atoms with E-state index >= 15 is 0 Å². The van der Waals surface area contributed by atoms with Gasteiger partial charge in [0.05, 0.1) is 18.0 Å². The van der Waals surface area contributed by atoms with E-state index in [0.717, 1.165) is 18.2 Å². The summed E-state index contributed by atoms with van der Waals surface area (Å²) >= 11 is 0. The summed E-state index contributed by atoms with van der Waals surface area (Å²) in [4.78, 5) is 28.6. The Labute approximate surface area is 165 Å². The lowest BCUT2D eigenvalue weighted by atomic mass is 9.82. The van der Waals surface area contributed by atoms with Crippen LogP contribution in [-0.2, 0) is 4.79 Å². The summed E-state index contributed by atoms with van der Waals surface area (Å²) in [6.45, 7) is 5.93. The van der Waals surface area contributed by atoms with Gasteiger partial charge in [-0.2, -0.15) is 0 Å². The van der Waals surface area contributed by atoms with Gasteiger partial charge in [-0.15, -0.1) is 0 Å². The minimum atomic E-state index is -0.480. The van der Waals surface area contributed by atoms with Gasteiger partial charge in [0.2, 0.25) is 5.91 Å². The maximum atomic E-state index is 12.7. The molecule has 1 aromatic carbocycles. The molecular weight excluding hydrogens is 356 g/mol. The second-order valence-electron chi connectivity index (χ2n) is 8.91. The lowest BCUT2D eigenvalue weighted by Crippen LogP contribution is -2.51. The summed E-state index contributed by atoms with van der Waals surface area (Å²) in [7, 11) is 0. The third-order valence-corrected chi connectivity index (χ3v) is 6.64. The van der Waals surface area contributed by atoms with Gasteiger partial charge in [-0.25, -0.2) is 0 Å². The second-order valence-corrected chi connectivity index (χ2v) is 8.91. The van der Waals surface area contributed by atoms with Crippen LogP contribution < -0.4 is 9.47 Å². The standard InChI is InChI=1S/C22H28N2O4/c1-15(25)23-8-6-22(7-9-23)11-20(26)19-5-4-18(10-21(19)28-22)27-14-17-13-24(17)12-16-2-3-16/h4-5,10,16-17H,2-3,6-9,11-14H2,1H3. The highest BCUT2D eigenvalue weighted by Gasteiger charge is 2.43. The van der Waals surface area contributed by atoms with Crippen molar-refractivity contribution in [3.05, 3.63) is 23.8 Å². The van der Waals surface area contributed by atoms with Crippen molar-refractivity contribution in [3.63, 3.8) is 0 Å². The number of piperidine rings is 1. The van der Waals surface area contributed by atoms with Crippen LogP contribution in [0.5, 0.6) is 11.5 Å². The van der Waals surface area contributed by atoms with Crippen LogP contribution in [0.25, 0.3) is 0 Å². The molecule has 2 saturated heterocycles. The number of fused-ring (bicyclic) bond motifs is 1. The quantitative estimate of drug-likeness (QED) is 0.730. The molecule has 150 valence electrons. The van der Waals surface area contributed by atoms with Gasteiger partial charge < -0.3 is 14.4 Å². The van der Waals surface area contributed by atoms with Crippen LogP contribution in [0.4, 0.5) is 0 Å². The monoisotopic (exact) mass is 384 g/mol. The fourth-order valence-electron chi connectivity index (χ4n) is 4.50. The SMILES string of the molecule is CC(=O)N1CCC2(CC1)CC(=O)c1ccc(OCC3CN3CC3CC3)cc1O2. The van der Waals surface area contributed by atoms with Crippen LogP contribution in [0.15, 0.2) is 18.2 Å². The van der Waals surface area contributed by atoms with Crippen molar-refractivity contribution < 1.29 is 19.1 Å². The summed E-state index contributed by atoms with van der Waals surface area (Å²) < 4.78 is 12.4. The molecule has 1 saturated carbocycles. The summed E-state index contributed by atoms with van der Waals surface area (Å²) in [5.41, 5.74) is 0.167. The third kappa shape index (κ3) is 3.62. The lowest BCUT2D eigenvalue weighted by Gasteiger charge is -2.43. The number of carbonyl (C=O) groups is 2. The number of hydrogen-bond donors (Lipinski definition) is 0. The number of carbonyl (C=O) groups excluding carboxylic acids is 2. The Morgan fingerprint density at radius 1 is 1.29 bits per heavy atom. The molecule has 1 spiro atoms. The van der Waals surface area contributed by atoms with Gasteiger partial charge >= 0.3 is 0 Å². The Bertz CT molecular complexity index is 796. The molecule has 2 unspecified atom stereocenters. The number of rotatable bonds is 5. The van der Waals surface area contributed by atoms with Crippen molar-refractivity contribution in [1.29, 1.82) is 0 Å². The fraction of sp³-hybridized carbons (Fsp3) is 0.636. The first kappa shape index (κ1) is 18.0. The van der Waals surface area contributed by atoms with Gasteiger partial charge in [-0.1, -0.05) is 0 Å². The van der Waals surface area contributed by atoms with Crippen molar-refractivity contribution in [2.45, 2.75) is 50.7 Å². The number of amides is 1. The Kier molecular flexibility index (Phi) is 4.34. The summed E-state index contributed by atoms with van der Waals surface area (Å²) in [6.07, 6.45) is 4.55. The molecule has 0 radical (unpaired) electrons. The van der Waals surface area contributed by atoms with Crippen molar-refractivity contribution in [2.24, 2.45) is 5.92 Å². The zero-order chi connectivity index (χ0) is 19.3. The highest BCUT2D eigenvalue weighted by Crippen LogP contribution is 2.41. The van der Waals surface area contributed by atoms with E-state index in [4.69, 9.17) is 9.47 Å². The molecule has 3 fully saturated rings. The molecule has 2 atom stereocenters. The topological polar surface area (TPSA) is 58.8 Å². The highest BCUT2D eigenvalue weighted by atomic mass is 16.5. The smallest absolute Gasteiger partial charge is 0.219 e. The molecule has 0 bridgehead atoms. The largest absolute Gasteiger partial charge is 0.492 e. The molecule has 3 aliphatic heterocycles. The van der Waals surface area contributed by atoms with E-state index in [2.05, 4.69) is 4.90 Å². The summed E-state index contributed by atoms with van der Waals surface area (Å²) in [5.74, 6) is 2.53. The van der Waals surface area contributed by atoms with Crippen LogP contribution in [-0.4, -0.2) is 65.9 Å². The first-order chi connectivity index (χ1) is 13.5. The molecule has 1 aromatic rings. The van der Waals surface area contributed by atoms with E-state index < -0.39 is 5.60 Å². The minimum Gasteiger partial charge on any atom is -0.492 e. The number of likely N-dealkylation sites (tertiary alicyclic amines) is 1. The van der Waals surface area contributed by atoms with Crippen molar-refractivity contribution in [3.8, 4) is 11.5 Å². The van der Waals surface area contributed by atoms with Crippen LogP contribution in [0.1, 0.15) is 49.4 Å². The normalized spacial score (nSPS) is 27.9. The number of ketones is 1. The molecule has 28 heavy (non-hydrogen) atoms. The molecule has 6 heteroatoms. The lowest BCUT2D eigenvalue weighted by molar-refractivity contribution is -0.132. The molecule has 6 nitrogen and oxygen atoms in total. The molecule has 1 aliphatic carbocycles. The van der Waals surface area contributed by atoms with Crippen LogP contribution in [0.2, 0.25) is 0 Å². The van der Waals surface area contributed by atoms with Gasteiger partial charge in [0, 0.05) is 52.0 Å². The van der Waals surface area contributed by atoms with Gasteiger partial charge in [-0.3, -0.25) is 14.5 Å². The van der Waals surface area contributed by atoms with Crippen molar-refractivity contribution in [2.75, 3.05) is 32.8 Å². The average Bonchev–Trinajstić information content (AvgIpc) is 3.59. The number of benzene rings is 1. The third-order valence-electron chi connectivity index (χ3n) is 6.64. The zero-order valence-corrected chi connectivity index (χ0v) is 16.5. The van der Waals surface area contributed by atoms with Crippen LogP contribution in [0.3, 0.4) is 0 Å². The Hall–Kier alpha value is -2.08. The number of ether oxygens (including phenoxy) is 2. The predicted octanol–water partition coefficient (Wildman–Crippen LogP) is 2.51. The van der Waals surface area contributed by atoms with E-state index in [1.165, 1.54) is 19.4 Å². The van der Waals surface area contributed by atoms with Gasteiger partial charge in [0.1, 0.15) is 23.7 Å². The molecule has 0 N–H and O–H groups in total. The maximum absolute atomic E-state index is 12.7. The summed E-state index contributed by atoms with van der Waals surface area (Å²) in [5, 5.41) is 0. The molecule has 1 amide bonds. The van der Waals surface area contributed by atoms with E-state index in [9.17, 15) is 9.59 Å². The second kappa shape index (κ2) is 6.76. The molecular formula is C22H28N2O4. The number of Topliss-reactive ketones (excluding diaryl/α,β-unsaturated/α-hetero) is 1. The average molecular weight is 384 g/mol. The van der Waals surface area contributed by atoms with E-state index in [1.807, 2.05) is 23.1 Å². The van der Waals surface area contributed by atoms with Gasteiger partial charge in [0.15, 0.2) is 5.78 Å². The first-order valence-corrected chi connectivity index (χ1v) is 10.5. The molecule has 0 aromatic heterocycles. The maximum Gasteiger partial charge on any atom is 0.219 e. The minimum absolute atomic E-state index is 0.0869. The van der Waals surface area contributed by atoms with E-state index in [-0.39, 0.29) is 11.7 Å². The molecule has 3 heterocycles. The Morgan fingerprint density at radius 2 is 2.07 bits per heavy atom. The molecule has 5 rings (SSSR count). The number of nitrogens with zero attached hydrogens (tertiary/aromatic N) is 2. The number of hydrogen-bond acceptors (Lipinski definition) is 5. The molecule has 4 aliphatic rings. The van der Waals surface area contributed by atoms with Crippen molar-refractivity contribution in [1.82, 2.24) is 9.80 Å². The Morgan fingerprint density at radius 3 is 2.79 bits per heavy atom. The van der Waals surface area contributed by atoms with Gasteiger partial charge in [-0.05, 0) is 30.9 Å². The van der Waals surface area contributed by atoms with E-state index in [1.54, 1.807) is 6.92 Å². The fourth-order valence-corrected chi connectivity index (χ4v) is 4.50. The van der Waals surface area contributed by atoms with Crippen molar-refractivity contribution >= 4 is 11.7 Å². The van der Waals surface area contributed by atoms with Crippen LogP contribution in [0, 0.1) is 5.92 Å². The van der Waals surface area contributed by atoms with E-state index in [0.29, 0.717) is 56.3 Å². The summed E-state index contributed by atoms with van der Waals surface area (Å²) in [6, 6.07) is 6.11. The van der Waals surface area contributed by atoms with Crippen LogP contribution >= 0.6 is 0 Å².